The number of primary amides is 1. The molecule has 2 saturated heterocycles. The summed E-state index contributed by atoms with van der Waals surface area (Å²) in [6, 6.07) is -8.34. The molecule has 370 valence electrons. The van der Waals surface area contributed by atoms with Crippen molar-refractivity contribution >= 4 is 46.3 Å². The number of hydrogen-bond donors (Lipinski definition) is 17. The molecule has 1 aliphatic carbocycles. The predicted octanol–water partition coefficient (Wildman–Crippen LogP) is -9.06. The van der Waals surface area contributed by atoms with Crippen molar-refractivity contribution < 1.29 is 97.0 Å². The number of likely N-dealkylation sites (N-methyl/N-ethyl adjacent to an activating group) is 1. The number of allylic oxidation sites excluding steroid dienone is 1. The minimum Gasteiger partial charge on any atom is -0.504 e. The second-order valence-corrected chi connectivity index (χ2v) is 17.2. The molecular weight excluding hydrogens is 896 g/mol. The van der Waals surface area contributed by atoms with Crippen molar-refractivity contribution in [1.29, 1.82) is 0 Å². The lowest BCUT2D eigenvalue weighted by Gasteiger charge is -2.36. The van der Waals surface area contributed by atoms with Crippen LogP contribution in [0.15, 0.2) is 23.7 Å². The molecule has 16 atom stereocenters. The van der Waals surface area contributed by atoms with Gasteiger partial charge in [0, 0.05) is 44.3 Å². The minimum absolute atomic E-state index is 0.0438. The second-order valence-electron chi connectivity index (χ2n) is 16.2. The number of nitrogens with zero attached hydrogens (tertiary/aromatic N) is 2. The van der Waals surface area contributed by atoms with Crippen LogP contribution in [0.5, 0.6) is 0 Å². The molecule has 0 aromatic heterocycles. The number of aliphatic hydroxyl groups is 10. The highest BCUT2D eigenvalue weighted by Crippen LogP contribution is 2.29. The summed E-state index contributed by atoms with van der Waals surface area (Å²) in [5, 5.41) is 118. The van der Waals surface area contributed by atoms with Crippen molar-refractivity contribution in [2.24, 2.45) is 17.6 Å². The van der Waals surface area contributed by atoms with Crippen LogP contribution >= 0.6 is 0 Å². The maximum absolute atomic E-state index is 14.0. The molecule has 3 aliphatic rings. The Morgan fingerprint density at radius 1 is 0.985 bits per heavy atom. The fourth-order valence-corrected chi connectivity index (χ4v) is 7.91. The first-order valence-corrected chi connectivity index (χ1v) is 21.6. The Bertz CT molecular complexity index is 1880. The van der Waals surface area contributed by atoms with E-state index in [4.69, 9.17) is 10.3 Å². The lowest BCUT2D eigenvalue weighted by atomic mass is 9.87. The Kier molecular flexibility index (Phi) is 20.0. The Hall–Kier alpha value is -4.63. The molecule has 0 bridgehead atoms. The highest BCUT2D eigenvalue weighted by molar-refractivity contribution is 7.81. The van der Waals surface area contributed by atoms with Gasteiger partial charge in [-0.1, -0.05) is 6.92 Å². The van der Waals surface area contributed by atoms with E-state index >= 15 is 0 Å². The van der Waals surface area contributed by atoms with Crippen molar-refractivity contribution in [3.05, 3.63) is 23.7 Å². The fourth-order valence-electron chi connectivity index (χ4n) is 7.54. The summed E-state index contributed by atoms with van der Waals surface area (Å²) >= 11 is 0. The largest absolute Gasteiger partial charge is 0.504 e. The lowest BCUT2D eigenvalue weighted by molar-refractivity contribution is -0.145. The van der Waals surface area contributed by atoms with Gasteiger partial charge in [-0.3, -0.25) is 38.6 Å². The number of β-amino-alcohol motifs (C(OH)–C–C–N with tert-alkyl or cyclic N) is 1. The zero-order valence-electron chi connectivity index (χ0n) is 35.4. The highest BCUT2D eigenvalue weighted by atomic mass is 32.3. The lowest BCUT2D eigenvalue weighted by Crippen LogP contribution is -2.64. The van der Waals surface area contributed by atoms with Gasteiger partial charge < -0.3 is 92.0 Å². The first kappa shape index (κ1) is 54.7. The number of hydrogen-bond acceptors (Lipinski definition) is 21. The van der Waals surface area contributed by atoms with E-state index in [0.717, 1.165) is 28.9 Å². The first-order valence-electron chi connectivity index (χ1n) is 20.2. The van der Waals surface area contributed by atoms with Crippen LogP contribution in [0.1, 0.15) is 39.5 Å². The number of nitrogens with two attached hydrogens (primary N) is 1. The summed E-state index contributed by atoms with van der Waals surface area (Å²) in [5.74, 6) is -8.75. The average molecular weight is 957 g/mol. The van der Waals surface area contributed by atoms with Gasteiger partial charge in [0.1, 0.15) is 36.6 Å². The van der Waals surface area contributed by atoms with Crippen LogP contribution in [-0.2, 0) is 43.3 Å². The van der Waals surface area contributed by atoms with Crippen molar-refractivity contribution in [2.45, 2.75) is 125 Å². The predicted molar refractivity (Wildman–Crippen MR) is 216 cm³/mol. The van der Waals surface area contributed by atoms with Gasteiger partial charge in [-0.25, -0.2) is 0 Å². The van der Waals surface area contributed by atoms with Crippen LogP contribution in [0.25, 0.3) is 0 Å². The van der Waals surface area contributed by atoms with Crippen LogP contribution < -0.4 is 32.3 Å². The van der Waals surface area contributed by atoms with Crippen LogP contribution in [-0.4, -0.2) is 222 Å². The van der Waals surface area contributed by atoms with Crippen LogP contribution in [0.3, 0.4) is 0 Å². The van der Waals surface area contributed by atoms with E-state index in [1.807, 2.05) is 0 Å². The van der Waals surface area contributed by atoms with Gasteiger partial charge in [-0.05, 0) is 32.5 Å². The van der Waals surface area contributed by atoms with E-state index in [9.17, 15) is 88.3 Å². The summed E-state index contributed by atoms with van der Waals surface area (Å²) < 4.78 is 36.0. The summed E-state index contributed by atoms with van der Waals surface area (Å²) in [6.45, 7) is 1.57. The van der Waals surface area contributed by atoms with Crippen molar-refractivity contribution in [2.75, 3.05) is 26.7 Å². The second kappa shape index (κ2) is 23.7. The molecule has 3 rings (SSSR count). The fraction of sp³-hybridized carbons (Fsp3) is 0.722. The standard InChI is InChI=1S/C36H60N8O20S/c1-14-11-43(13-45)27(28(14)52)35(59)42-33(57)22(50)9-19(38-3)31(55)40-25(15(2)46)36(60)44-12-18(48)7-20(44)32(56)41-26(34(58)39-10-17(47)8-24(37)51)30(54)29(53)16-4-5-21(49)23(6-16)64-65(61,62)63/h5-6,13-20,22,25-30,33-34,38-39,46-50,52-54,57-58H,4,7-12H2,1-3H3,(H2,37,51)(H,40,55)(H,41,56)(H,42,59)(H,61,62,63)/t14-,15+,16?,17+,18+,19-,20-,22+,25-,26-,27-,28-,29-,30?,33+,34?/m0/s1. The minimum atomic E-state index is -5.18. The number of rotatable bonds is 24. The Labute approximate surface area is 372 Å². The number of carbonyl (C=O) groups excluding carboxylic acids is 6. The van der Waals surface area contributed by atoms with Crippen molar-refractivity contribution in [3.63, 3.8) is 0 Å². The molecule has 6 amide bonds. The molecule has 2 heterocycles. The molecule has 0 saturated carbocycles. The molecule has 18 N–H and O–H groups in total. The smallest absolute Gasteiger partial charge is 0.446 e. The monoisotopic (exact) mass is 956 g/mol. The first-order chi connectivity index (χ1) is 30.2. The molecule has 28 nitrogen and oxygen atoms in total. The van der Waals surface area contributed by atoms with Gasteiger partial charge in [0.05, 0.1) is 49.0 Å². The molecule has 2 fully saturated rings. The molecule has 0 aromatic rings. The zero-order chi connectivity index (χ0) is 49.2. The highest BCUT2D eigenvalue weighted by Gasteiger charge is 2.47. The zero-order valence-corrected chi connectivity index (χ0v) is 36.2. The maximum Gasteiger partial charge on any atom is 0.446 e. The van der Waals surface area contributed by atoms with Gasteiger partial charge in [0.25, 0.3) is 0 Å². The number of amides is 6. The SMILES string of the molecule is CN[C@@H](C[C@@H](O)[C@@H](O)NC(=O)[C@@H]1[C@@H](O)[C@@H](C)CN1C=O)C(=O)N[C@H](C(=O)N1C[C@H](O)C[C@H]1C(=O)N[C@H](C(O)NC[C@H](O)CC(N)=O)C(O)[C@@H](O)C1C=C(OS(=O)(=O)O)C(O)=CC1)[C@@H](C)O. The number of nitrogens with one attached hydrogen (secondary N) is 5. The molecule has 2 aliphatic heterocycles. The Balaban J connectivity index is 1.80. The normalized spacial score (nSPS) is 27.0. The van der Waals surface area contributed by atoms with E-state index in [1.54, 1.807) is 6.92 Å². The maximum atomic E-state index is 14.0. The van der Waals surface area contributed by atoms with Crippen molar-refractivity contribution in [3.8, 4) is 0 Å². The van der Waals surface area contributed by atoms with Gasteiger partial charge in [0.2, 0.25) is 35.9 Å². The third-order valence-corrected chi connectivity index (χ3v) is 11.5. The average Bonchev–Trinajstić information content (AvgIpc) is 3.76. The van der Waals surface area contributed by atoms with Gasteiger partial charge in [-0.15, -0.1) is 0 Å². The third-order valence-electron chi connectivity index (χ3n) is 11.1. The van der Waals surface area contributed by atoms with Crippen LogP contribution in [0.2, 0.25) is 0 Å². The van der Waals surface area contributed by atoms with E-state index in [-0.39, 0.29) is 13.0 Å². The molecule has 65 heavy (non-hydrogen) atoms. The third kappa shape index (κ3) is 14.9. The summed E-state index contributed by atoms with van der Waals surface area (Å²) in [6.07, 6.45) is -16.1. The molecule has 3 unspecified atom stereocenters. The quantitative estimate of drug-likeness (QED) is 0.0243. The summed E-state index contributed by atoms with van der Waals surface area (Å²) in [7, 11) is -3.92. The van der Waals surface area contributed by atoms with E-state index in [2.05, 4.69) is 30.8 Å². The van der Waals surface area contributed by atoms with Crippen LogP contribution in [0.4, 0.5) is 0 Å². The van der Waals surface area contributed by atoms with E-state index in [0.29, 0.717) is 6.41 Å². The van der Waals surface area contributed by atoms with Crippen LogP contribution in [0, 0.1) is 11.8 Å². The van der Waals surface area contributed by atoms with Crippen molar-refractivity contribution in [1.82, 2.24) is 36.4 Å². The molecular formula is C36H60N8O20S. The Morgan fingerprint density at radius 3 is 2.20 bits per heavy atom. The number of carbonyl (C=O) groups is 6. The summed E-state index contributed by atoms with van der Waals surface area (Å²) in [5.41, 5.74) is 5.09. The number of aliphatic hydroxyl groups excluding tert-OH is 10. The Morgan fingerprint density at radius 2 is 1.63 bits per heavy atom. The molecule has 0 spiro atoms. The van der Waals surface area contributed by atoms with Gasteiger partial charge in [0.15, 0.2) is 17.7 Å². The molecule has 0 aromatic carbocycles. The summed E-state index contributed by atoms with van der Waals surface area (Å²) in [4.78, 5) is 78.7. The molecule has 0 radical (unpaired) electrons. The number of likely N-dealkylation sites (tertiary alicyclic amines) is 2. The van der Waals surface area contributed by atoms with Gasteiger partial charge in [-0.2, -0.15) is 8.42 Å². The topological polar surface area (TPSA) is 461 Å². The molecule has 29 heteroatoms. The van der Waals surface area contributed by atoms with Gasteiger partial charge >= 0.3 is 10.4 Å². The van der Waals surface area contributed by atoms with E-state index < -0.39 is 181 Å². The van der Waals surface area contributed by atoms with E-state index in [1.165, 1.54) is 7.05 Å².